The van der Waals surface area contributed by atoms with Crippen LogP contribution in [0.4, 0.5) is 11.4 Å². The van der Waals surface area contributed by atoms with E-state index in [1.165, 1.54) is 17.7 Å². The predicted molar refractivity (Wildman–Crippen MR) is 117 cm³/mol. The number of anilines is 2. The fourth-order valence-corrected chi connectivity index (χ4v) is 3.83. The topological polar surface area (TPSA) is 61.9 Å². The number of amides is 2. The van der Waals surface area contributed by atoms with Gasteiger partial charge in [-0.15, -0.1) is 0 Å². The van der Waals surface area contributed by atoms with Crippen LogP contribution in [0, 0.1) is 0 Å². The lowest BCUT2D eigenvalue weighted by molar-refractivity contribution is -0.122. The van der Waals surface area contributed by atoms with Gasteiger partial charge in [0.15, 0.2) is 5.11 Å². The number of hydrogen-bond acceptors (Lipinski definition) is 5. The summed E-state index contributed by atoms with van der Waals surface area (Å²) in [5, 5.41) is 2.66. The molecule has 1 N–H and O–H groups in total. The van der Waals surface area contributed by atoms with Crippen LogP contribution in [0.2, 0.25) is 0 Å². The molecule has 0 atom stereocenters. The number of thiocarbonyl (C=S) groups is 1. The Bertz CT molecular complexity index is 977. The first-order valence-corrected chi connectivity index (χ1v) is 9.88. The van der Waals surface area contributed by atoms with Crippen LogP contribution in [-0.2, 0) is 9.59 Å². The van der Waals surface area contributed by atoms with E-state index in [1.54, 1.807) is 37.5 Å². The van der Waals surface area contributed by atoms with Gasteiger partial charge in [-0.25, -0.2) is 0 Å². The molecule has 7 heteroatoms. The van der Waals surface area contributed by atoms with Gasteiger partial charge in [-0.1, -0.05) is 12.1 Å². The van der Waals surface area contributed by atoms with Gasteiger partial charge >= 0.3 is 0 Å². The lowest BCUT2D eigenvalue weighted by Gasteiger charge is -2.29. The Balaban J connectivity index is 1.60. The summed E-state index contributed by atoms with van der Waals surface area (Å²) in [6.45, 7) is 2.13. The molecule has 6 nitrogen and oxygen atoms in total. The van der Waals surface area contributed by atoms with E-state index in [0.29, 0.717) is 11.4 Å². The van der Waals surface area contributed by atoms with Crippen LogP contribution in [0.5, 0.6) is 5.75 Å². The molecule has 0 bridgehead atoms. The highest BCUT2D eigenvalue weighted by molar-refractivity contribution is 7.80. The summed E-state index contributed by atoms with van der Waals surface area (Å²) >= 11 is 5.23. The van der Waals surface area contributed by atoms with Crippen molar-refractivity contribution in [1.82, 2.24) is 5.32 Å². The first-order valence-electron chi connectivity index (χ1n) is 9.47. The first kappa shape index (κ1) is 19.1. The molecule has 148 valence electrons. The third kappa shape index (κ3) is 3.86. The number of nitrogens with one attached hydrogen (secondary N) is 1. The third-order valence-electron chi connectivity index (χ3n) is 5.11. The number of ether oxygens (including phenoxy) is 1. The summed E-state index contributed by atoms with van der Waals surface area (Å²) in [5.41, 5.74) is 2.55. The molecular weight excluding hydrogens is 386 g/mol. The molecule has 2 aliphatic rings. The van der Waals surface area contributed by atoms with E-state index in [-0.39, 0.29) is 10.7 Å². The third-order valence-corrected chi connectivity index (χ3v) is 5.39. The molecule has 0 saturated carbocycles. The van der Waals surface area contributed by atoms with Crippen LogP contribution in [-0.4, -0.2) is 37.1 Å². The average molecular weight is 407 g/mol. The molecule has 0 radical (unpaired) electrons. The highest BCUT2D eigenvalue weighted by Crippen LogP contribution is 2.25. The molecule has 0 spiro atoms. The van der Waals surface area contributed by atoms with Gasteiger partial charge in [0.05, 0.1) is 12.8 Å². The number of rotatable bonds is 4. The summed E-state index contributed by atoms with van der Waals surface area (Å²) in [6.07, 6.45) is 4.02. The van der Waals surface area contributed by atoms with E-state index in [2.05, 4.69) is 10.2 Å². The quantitative estimate of drug-likeness (QED) is 0.479. The van der Waals surface area contributed by atoms with Crippen molar-refractivity contribution in [3.63, 3.8) is 0 Å². The molecule has 29 heavy (non-hydrogen) atoms. The van der Waals surface area contributed by atoms with Crippen molar-refractivity contribution in [1.29, 1.82) is 0 Å². The SMILES string of the molecule is COc1ccc(N2C(=O)C(=Cc3ccc(N4CCCC4)cc3)C(=O)NC2=S)cc1. The van der Waals surface area contributed by atoms with Crippen LogP contribution in [0.1, 0.15) is 18.4 Å². The number of carbonyl (C=O) groups excluding carboxylic acids is 2. The number of carbonyl (C=O) groups is 2. The van der Waals surface area contributed by atoms with Crippen molar-refractivity contribution in [3.05, 3.63) is 59.7 Å². The molecule has 0 unspecified atom stereocenters. The van der Waals surface area contributed by atoms with Gasteiger partial charge in [0.1, 0.15) is 11.3 Å². The predicted octanol–water partition coefficient (Wildman–Crippen LogP) is 3.13. The number of methoxy groups -OCH3 is 1. The minimum Gasteiger partial charge on any atom is -0.497 e. The Labute approximate surface area is 174 Å². The van der Waals surface area contributed by atoms with E-state index in [4.69, 9.17) is 17.0 Å². The van der Waals surface area contributed by atoms with E-state index < -0.39 is 11.8 Å². The minimum absolute atomic E-state index is 0.0448. The van der Waals surface area contributed by atoms with Gasteiger partial charge < -0.3 is 9.64 Å². The maximum absolute atomic E-state index is 13.1. The summed E-state index contributed by atoms with van der Waals surface area (Å²) in [7, 11) is 1.57. The van der Waals surface area contributed by atoms with Crippen molar-refractivity contribution >= 4 is 46.6 Å². The fraction of sp³-hybridized carbons (Fsp3) is 0.227. The highest BCUT2D eigenvalue weighted by atomic mass is 32.1. The molecule has 2 aromatic carbocycles. The van der Waals surface area contributed by atoms with Crippen molar-refractivity contribution in [2.75, 3.05) is 30.0 Å². The standard InChI is InChI=1S/C22H21N3O3S/c1-28-18-10-8-17(9-11-18)25-21(27)19(20(26)23-22(25)29)14-15-4-6-16(7-5-15)24-12-2-3-13-24/h4-11,14H,2-3,12-13H2,1H3,(H,23,26,29). The van der Waals surface area contributed by atoms with Crippen LogP contribution in [0.3, 0.4) is 0 Å². The molecule has 2 fully saturated rings. The van der Waals surface area contributed by atoms with Crippen LogP contribution >= 0.6 is 12.2 Å². The van der Waals surface area contributed by atoms with Gasteiger partial charge in [0.2, 0.25) is 0 Å². The Morgan fingerprint density at radius 1 is 0.966 bits per heavy atom. The molecule has 2 amide bonds. The Kier molecular flexibility index (Phi) is 5.31. The zero-order chi connectivity index (χ0) is 20.4. The second-order valence-corrected chi connectivity index (χ2v) is 7.33. The Hall–Kier alpha value is -3.19. The van der Waals surface area contributed by atoms with Crippen LogP contribution < -0.4 is 19.9 Å². The van der Waals surface area contributed by atoms with Crippen LogP contribution in [0.25, 0.3) is 6.08 Å². The van der Waals surface area contributed by atoms with Crippen molar-refractivity contribution in [2.45, 2.75) is 12.8 Å². The molecule has 2 aliphatic heterocycles. The largest absolute Gasteiger partial charge is 0.497 e. The van der Waals surface area contributed by atoms with Crippen molar-refractivity contribution < 1.29 is 14.3 Å². The maximum atomic E-state index is 13.1. The number of nitrogens with zero attached hydrogens (tertiary/aromatic N) is 2. The van der Waals surface area contributed by atoms with Gasteiger partial charge in [-0.2, -0.15) is 0 Å². The molecule has 2 heterocycles. The molecular formula is C22H21N3O3S. The van der Waals surface area contributed by atoms with Gasteiger partial charge in [-0.05, 0) is 73.1 Å². The molecule has 0 aliphatic carbocycles. The van der Waals surface area contributed by atoms with Gasteiger partial charge in [0.25, 0.3) is 11.8 Å². The van der Waals surface area contributed by atoms with Crippen molar-refractivity contribution in [3.8, 4) is 5.75 Å². The molecule has 2 saturated heterocycles. The molecule has 2 aromatic rings. The summed E-state index contributed by atoms with van der Waals surface area (Å²) in [6, 6.07) is 14.8. The second kappa shape index (κ2) is 8.05. The highest BCUT2D eigenvalue weighted by Gasteiger charge is 2.34. The normalized spacial score (nSPS) is 18.4. The van der Waals surface area contributed by atoms with E-state index in [0.717, 1.165) is 24.3 Å². The summed E-state index contributed by atoms with van der Waals surface area (Å²) in [4.78, 5) is 29.1. The van der Waals surface area contributed by atoms with Crippen molar-refractivity contribution in [2.24, 2.45) is 0 Å². The zero-order valence-corrected chi connectivity index (χ0v) is 16.9. The van der Waals surface area contributed by atoms with Gasteiger partial charge in [-0.3, -0.25) is 19.8 Å². The van der Waals surface area contributed by atoms with Gasteiger partial charge in [0, 0.05) is 18.8 Å². The van der Waals surface area contributed by atoms with E-state index in [1.807, 2.05) is 24.3 Å². The number of hydrogen-bond donors (Lipinski definition) is 1. The Morgan fingerprint density at radius 3 is 2.21 bits per heavy atom. The van der Waals surface area contributed by atoms with E-state index >= 15 is 0 Å². The summed E-state index contributed by atoms with van der Waals surface area (Å²) < 4.78 is 5.15. The van der Waals surface area contributed by atoms with Crippen LogP contribution in [0.15, 0.2) is 54.1 Å². The lowest BCUT2D eigenvalue weighted by Crippen LogP contribution is -2.54. The molecule has 4 rings (SSSR count). The Morgan fingerprint density at radius 2 is 1.59 bits per heavy atom. The second-order valence-electron chi connectivity index (χ2n) is 6.94. The average Bonchev–Trinajstić information content (AvgIpc) is 3.27. The maximum Gasteiger partial charge on any atom is 0.270 e. The summed E-state index contributed by atoms with van der Waals surface area (Å²) in [5.74, 6) is -0.275. The number of benzene rings is 2. The monoisotopic (exact) mass is 407 g/mol. The van der Waals surface area contributed by atoms with E-state index in [9.17, 15) is 9.59 Å². The smallest absolute Gasteiger partial charge is 0.270 e. The minimum atomic E-state index is -0.492. The fourth-order valence-electron chi connectivity index (χ4n) is 3.55. The zero-order valence-electron chi connectivity index (χ0n) is 16.1. The molecule has 0 aromatic heterocycles. The lowest BCUT2D eigenvalue weighted by atomic mass is 10.1. The first-order chi connectivity index (χ1) is 14.1.